The molecule has 0 bridgehead atoms. The lowest BCUT2D eigenvalue weighted by Crippen LogP contribution is -2.28. The van der Waals surface area contributed by atoms with Gasteiger partial charge in [-0.3, -0.25) is 5.84 Å². The van der Waals surface area contributed by atoms with Crippen LogP contribution in [0, 0.1) is 0 Å². The fourth-order valence-electron chi connectivity index (χ4n) is 2.47. The van der Waals surface area contributed by atoms with E-state index in [9.17, 15) is 0 Å². The molecule has 100 valence electrons. The Bertz CT molecular complexity index is 579. The average molecular weight is 274 g/mol. The summed E-state index contributed by atoms with van der Waals surface area (Å²) in [5.41, 5.74) is 5.42. The van der Waals surface area contributed by atoms with Gasteiger partial charge in [0.1, 0.15) is 5.75 Å². The zero-order valence-corrected chi connectivity index (χ0v) is 11.8. The first-order valence-corrected chi connectivity index (χ1v) is 7.44. The molecule has 0 amide bonds. The van der Waals surface area contributed by atoms with Gasteiger partial charge in [-0.2, -0.15) is 0 Å². The van der Waals surface area contributed by atoms with Crippen molar-refractivity contribution in [2.45, 2.75) is 25.8 Å². The van der Waals surface area contributed by atoms with Gasteiger partial charge < -0.3 is 4.74 Å². The summed E-state index contributed by atoms with van der Waals surface area (Å²) in [5, 5.41) is 0. The third-order valence-electron chi connectivity index (χ3n) is 3.53. The fraction of sp³-hybridized carbons (Fsp3) is 0.333. The van der Waals surface area contributed by atoms with Crippen LogP contribution in [0.15, 0.2) is 30.3 Å². The van der Waals surface area contributed by atoms with Crippen LogP contribution in [0.5, 0.6) is 5.75 Å². The molecule has 1 aliphatic heterocycles. The molecule has 1 unspecified atom stereocenters. The summed E-state index contributed by atoms with van der Waals surface area (Å²) in [6, 6.07) is 10.8. The van der Waals surface area contributed by atoms with E-state index in [-0.39, 0.29) is 6.04 Å². The van der Waals surface area contributed by atoms with Crippen molar-refractivity contribution >= 4 is 11.3 Å². The van der Waals surface area contributed by atoms with Crippen LogP contribution in [-0.4, -0.2) is 6.61 Å². The number of aryl methyl sites for hydroxylation is 1. The van der Waals surface area contributed by atoms with Crippen molar-refractivity contribution in [1.82, 2.24) is 5.43 Å². The third kappa shape index (κ3) is 2.39. The molecule has 4 heteroatoms. The van der Waals surface area contributed by atoms with Crippen LogP contribution in [0.25, 0.3) is 0 Å². The van der Waals surface area contributed by atoms with E-state index in [0.717, 1.165) is 25.2 Å². The van der Waals surface area contributed by atoms with E-state index < -0.39 is 0 Å². The predicted molar refractivity (Wildman–Crippen MR) is 78.5 cm³/mol. The maximum absolute atomic E-state index is 5.76. The fourth-order valence-corrected chi connectivity index (χ4v) is 3.51. The summed E-state index contributed by atoms with van der Waals surface area (Å²) >= 11 is 1.82. The van der Waals surface area contributed by atoms with Gasteiger partial charge in [-0.05, 0) is 41.8 Å². The van der Waals surface area contributed by atoms with Gasteiger partial charge >= 0.3 is 0 Å². The lowest BCUT2D eigenvalue weighted by molar-refractivity contribution is 0.357. The van der Waals surface area contributed by atoms with Crippen LogP contribution in [0.1, 0.15) is 33.8 Å². The molecule has 0 saturated carbocycles. The standard InChI is InChI=1S/C15H18N2OS/c1-2-12-4-6-14(19-12)15(17-16)11-3-5-13-10(9-11)7-8-18-13/h3-6,9,15,17H,2,7-8,16H2,1H3. The maximum atomic E-state index is 5.76. The Labute approximate surface area is 117 Å². The highest BCUT2D eigenvalue weighted by molar-refractivity contribution is 7.12. The Morgan fingerprint density at radius 3 is 3.00 bits per heavy atom. The highest BCUT2D eigenvalue weighted by atomic mass is 32.1. The van der Waals surface area contributed by atoms with Gasteiger partial charge in [-0.15, -0.1) is 11.3 Å². The molecule has 0 fully saturated rings. The second-order valence-corrected chi connectivity index (χ2v) is 5.92. The van der Waals surface area contributed by atoms with Crippen LogP contribution >= 0.6 is 11.3 Å². The molecule has 3 rings (SSSR count). The Kier molecular flexibility index (Phi) is 3.55. The summed E-state index contributed by atoms with van der Waals surface area (Å²) in [7, 11) is 0. The minimum Gasteiger partial charge on any atom is -0.493 e. The molecule has 1 aromatic carbocycles. The molecule has 0 spiro atoms. The summed E-state index contributed by atoms with van der Waals surface area (Å²) < 4.78 is 5.54. The van der Waals surface area contributed by atoms with E-state index in [4.69, 9.17) is 10.6 Å². The molecule has 1 aromatic heterocycles. The number of hydrogen-bond donors (Lipinski definition) is 2. The van der Waals surface area contributed by atoms with Crippen molar-refractivity contribution in [3.05, 3.63) is 51.2 Å². The molecule has 0 radical (unpaired) electrons. The van der Waals surface area contributed by atoms with Gasteiger partial charge in [0.25, 0.3) is 0 Å². The SMILES string of the molecule is CCc1ccc(C(NN)c2ccc3c(c2)CCO3)s1. The number of benzene rings is 1. The van der Waals surface area contributed by atoms with Crippen molar-refractivity contribution in [3.63, 3.8) is 0 Å². The van der Waals surface area contributed by atoms with Crippen molar-refractivity contribution in [2.24, 2.45) is 5.84 Å². The Balaban J connectivity index is 1.93. The van der Waals surface area contributed by atoms with Gasteiger partial charge in [0.2, 0.25) is 0 Å². The minimum absolute atomic E-state index is 0.0659. The van der Waals surface area contributed by atoms with Crippen molar-refractivity contribution in [2.75, 3.05) is 6.61 Å². The first-order chi connectivity index (χ1) is 9.31. The van der Waals surface area contributed by atoms with E-state index in [1.165, 1.54) is 20.9 Å². The van der Waals surface area contributed by atoms with Crippen LogP contribution in [0.4, 0.5) is 0 Å². The number of fused-ring (bicyclic) bond motifs is 1. The minimum atomic E-state index is 0.0659. The Hall–Kier alpha value is -1.36. The summed E-state index contributed by atoms with van der Waals surface area (Å²) in [4.78, 5) is 2.65. The van der Waals surface area contributed by atoms with Crippen LogP contribution in [0.3, 0.4) is 0 Å². The largest absolute Gasteiger partial charge is 0.493 e. The first kappa shape index (κ1) is 12.7. The van der Waals surface area contributed by atoms with Gasteiger partial charge in [0.05, 0.1) is 12.6 Å². The Morgan fingerprint density at radius 1 is 1.37 bits per heavy atom. The number of hydrogen-bond acceptors (Lipinski definition) is 4. The van der Waals surface area contributed by atoms with Crippen molar-refractivity contribution in [1.29, 1.82) is 0 Å². The topological polar surface area (TPSA) is 47.3 Å². The van der Waals surface area contributed by atoms with Gasteiger partial charge in [-0.1, -0.05) is 13.0 Å². The highest BCUT2D eigenvalue weighted by Gasteiger charge is 2.18. The number of nitrogens with two attached hydrogens (primary N) is 1. The van der Waals surface area contributed by atoms with Crippen molar-refractivity contribution < 1.29 is 4.74 Å². The number of ether oxygens (including phenoxy) is 1. The van der Waals surface area contributed by atoms with Gasteiger partial charge in [0, 0.05) is 16.2 Å². The second kappa shape index (κ2) is 5.33. The third-order valence-corrected chi connectivity index (χ3v) is 4.82. The highest BCUT2D eigenvalue weighted by Crippen LogP contribution is 2.32. The normalized spacial score (nSPS) is 15.1. The van der Waals surface area contributed by atoms with E-state index >= 15 is 0 Å². The smallest absolute Gasteiger partial charge is 0.122 e. The van der Waals surface area contributed by atoms with Crippen molar-refractivity contribution in [3.8, 4) is 5.75 Å². The zero-order valence-electron chi connectivity index (χ0n) is 11.0. The van der Waals surface area contributed by atoms with Gasteiger partial charge in [-0.25, -0.2) is 5.43 Å². The number of nitrogens with one attached hydrogen (secondary N) is 1. The number of thiophene rings is 1. The molecule has 0 aliphatic carbocycles. The quantitative estimate of drug-likeness (QED) is 0.666. The average Bonchev–Trinajstić information content (AvgIpc) is 3.07. The van der Waals surface area contributed by atoms with Crippen LogP contribution in [-0.2, 0) is 12.8 Å². The molecule has 1 aliphatic rings. The Morgan fingerprint density at radius 2 is 2.26 bits per heavy atom. The second-order valence-electron chi connectivity index (χ2n) is 4.72. The summed E-state index contributed by atoms with van der Waals surface area (Å²) in [6.07, 6.45) is 2.06. The first-order valence-electron chi connectivity index (χ1n) is 6.62. The molecule has 3 nitrogen and oxygen atoms in total. The molecule has 1 atom stereocenters. The molecule has 2 aromatic rings. The number of hydrazine groups is 1. The van der Waals surface area contributed by atoms with Crippen LogP contribution < -0.4 is 16.0 Å². The summed E-state index contributed by atoms with van der Waals surface area (Å²) in [5.74, 6) is 6.77. The lowest BCUT2D eigenvalue weighted by atomic mass is 10.0. The maximum Gasteiger partial charge on any atom is 0.122 e. The molecular weight excluding hydrogens is 256 g/mol. The molecular formula is C15H18N2OS. The summed E-state index contributed by atoms with van der Waals surface area (Å²) in [6.45, 7) is 2.96. The molecule has 19 heavy (non-hydrogen) atoms. The van der Waals surface area contributed by atoms with E-state index in [1.54, 1.807) is 0 Å². The molecule has 2 heterocycles. The molecule has 0 saturated heterocycles. The van der Waals surface area contributed by atoms with Crippen LogP contribution in [0.2, 0.25) is 0 Å². The monoisotopic (exact) mass is 274 g/mol. The van der Waals surface area contributed by atoms with E-state index in [0.29, 0.717) is 0 Å². The van der Waals surface area contributed by atoms with E-state index in [2.05, 4.69) is 42.7 Å². The predicted octanol–water partition coefficient (Wildman–Crippen LogP) is 2.80. The number of rotatable bonds is 4. The van der Waals surface area contributed by atoms with Gasteiger partial charge in [0.15, 0.2) is 0 Å². The lowest BCUT2D eigenvalue weighted by Gasteiger charge is -2.15. The molecule has 3 N–H and O–H groups in total. The van der Waals surface area contributed by atoms with E-state index in [1.807, 2.05) is 11.3 Å². The zero-order chi connectivity index (χ0) is 13.2.